The van der Waals surface area contributed by atoms with Crippen LogP contribution in [-0.4, -0.2) is 37.8 Å². The van der Waals surface area contributed by atoms with Crippen molar-refractivity contribution in [2.24, 2.45) is 0 Å². The summed E-state index contributed by atoms with van der Waals surface area (Å²) in [5, 5.41) is 25.4. The monoisotopic (exact) mass is 427 g/mol. The van der Waals surface area contributed by atoms with Gasteiger partial charge < -0.3 is 15.1 Å². The van der Waals surface area contributed by atoms with Crippen LogP contribution in [0.15, 0.2) is 72.9 Å². The van der Waals surface area contributed by atoms with Gasteiger partial charge in [0.15, 0.2) is 0 Å². The summed E-state index contributed by atoms with van der Waals surface area (Å²) in [4.78, 5) is 14.7. The van der Waals surface area contributed by atoms with Crippen molar-refractivity contribution in [3.8, 4) is 28.4 Å². The number of benzene rings is 3. The average Bonchev–Trinajstić information content (AvgIpc) is 3.23. The first-order chi connectivity index (χ1) is 15.3. The second-order valence-electron chi connectivity index (χ2n) is 7.95. The van der Waals surface area contributed by atoms with Gasteiger partial charge in [-0.3, -0.25) is 4.79 Å². The lowest BCUT2D eigenvalue weighted by molar-refractivity contribution is 0.0782. The molecule has 0 atom stereocenters. The Morgan fingerprint density at radius 3 is 2.50 bits per heavy atom. The fourth-order valence-electron chi connectivity index (χ4n) is 3.82. The first-order valence-corrected chi connectivity index (χ1v) is 10.3. The molecule has 0 radical (unpaired) electrons. The molecule has 0 aliphatic rings. The molecule has 3 aromatic carbocycles. The van der Waals surface area contributed by atoms with Crippen molar-refractivity contribution < 1.29 is 15.0 Å². The van der Waals surface area contributed by atoms with Gasteiger partial charge in [0, 0.05) is 25.2 Å². The van der Waals surface area contributed by atoms with Crippen molar-refractivity contribution in [3.05, 3.63) is 95.2 Å². The highest BCUT2D eigenvalue weighted by atomic mass is 16.3. The Kier molecular flexibility index (Phi) is 5.69. The van der Waals surface area contributed by atoms with Gasteiger partial charge in [0.05, 0.1) is 23.1 Å². The predicted octanol–water partition coefficient (Wildman–Crippen LogP) is 4.84. The minimum Gasteiger partial charge on any atom is -0.507 e. The van der Waals surface area contributed by atoms with Crippen molar-refractivity contribution in [1.82, 2.24) is 14.7 Å². The maximum atomic E-state index is 13.2. The largest absolute Gasteiger partial charge is 0.507 e. The van der Waals surface area contributed by atoms with Crippen molar-refractivity contribution in [2.45, 2.75) is 20.4 Å². The lowest BCUT2D eigenvalue weighted by Crippen LogP contribution is -2.26. The summed E-state index contributed by atoms with van der Waals surface area (Å²) in [6.07, 6.45) is 1.64. The van der Waals surface area contributed by atoms with Crippen LogP contribution < -0.4 is 0 Å². The van der Waals surface area contributed by atoms with Crippen molar-refractivity contribution in [3.63, 3.8) is 0 Å². The van der Waals surface area contributed by atoms with Crippen LogP contribution in [0.1, 0.15) is 27.0 Å². The van der Waals surface area contributed by atoms with E-state index in [1.807, 2.05) is 62.4 Å². The van der Waals surface area contributed by atoms with E-state index < -0.39 is 0 Å². The maximum Gasteiger partial charge on any atom is 0.257 e. The molecule has 32 heavy (non-hydrogen) atoms. The third-order valence-corrected chi connectivity index (χ3v) is 5.46. The Hall–Kier alpha value is -4.06. The minimum atomic E-state index is -0.341. The first-order valence-electron chi connectivity index (χ1n) is 10.3. The number of carbonyl (C=O) groups is 1. The Morgan fingerprint density at radius 1 is 0.969 bits per heavy atom. The fourth-order valence-corrected chi connectivity index (χ4v) is 3.82. The third-order valence-electron chi connectivity index (χ3n) is 5.46. The van der Waals surface area contributed by atoms with Gasteiger partial charge in [-0.2, -0.15) is 5.10 Å². The lowest BCUT2D eigenvalue weighted by Gasteiger charge is -2.19. The number of hydrogen-bond donors (Lipinski definition) is 2. The van der Waals surface area contributed by atoms with Gasteiger partial charge in [-0.1, -0.05) is 48.0 Å². The zero-order valence-electron chi connectivity index (χ0n) is 18.3. The number of phenolic OH excluding ortho intramolecular Hbond substituents is 2. The number of nitrogens with zero attached hydrogens (tertiary/aromatic N) is 3. The second kappa shape index (κ2) is 8.59. The van der Waals surface area contributed by atoms with Crippen LogP contribution in [0.4, 0.5) is 0 Å². The number of aryl methyl sites for hydroxylation is 2. The summed E-state index contributed by atoms with van der Waals surface area (Å²) >= 11 is 0. The highest BCUT2D eigenvalue weighted by Gasteiger charge is 2.21. The number of aromatic nitrogens is 2. The molecule has 0 saturated heterocycles. The fraction of sp³-hybridized carbons (Fsp3) is 0.154. The van der Waals surface area contributed by atoms with E-state index in [-0.39, 0.29) is 23.0 Å². The number of hydrogen-bond acceptors (Lipinski definition) is 4. The van der Waals surface area contributed by atoms with E-state index in [1.165, 1.54) is 12.1 Å². The number of phenols is 2. The van der Waals surface area contributed by atoms with E-state index in [4.69, 9.17) is 0 Å². The summed E-state index contributed by atoms with van der Waals surface area (Å²) in [7, 11) is 1.69. The topological polar surface area (TPSA) is 78.6 Å². The number of amides is 1. The van der Waals surface area contributed by atoms with Gasteiger partial charge in [0.1, 0.15) is 11.5 Å². The van der Waals surface area contributed by atoms with Gasteiger partial charge in [-0.05, 0) is 43.2 Å². The normalized spacial score (nSPS) is 10.8. The van der Waals surface area contributed by atoms with E-state index in [9.17, 15) is 15.0 Å². The van der Waals surface area contributed by atoms with E-state index >= 15 is 0 Å². The Morgan fingerprint density at radius 2 is 1.75 bits per heavy atom. The van der Waals surface area contributed by atoms with Crippen molar-refractivity contribution in [2.75, 3.05) is 7.05 Å². The van der Waals surface area contributed by atoms with Crippen LogP contribution in [0.2, 0.25) is 0 Å². The standard InChI is InChI=1S/C26H25N3O3/c1-17-7-6-9-19(13-17)16-28(3)26(32)21-14-20(24(30)15-25(21)31)23-11-12-27-29(23)22-10-5-4-8-18(22)2/h4-15,30-31H,16H2,1-3H3. The van der Waals surface area contributed by atoms with E-state index in [0.29, 0.717) is 17.8 Å². The smallest absolute Gasteiger partial charge is 0.257 e. The van der Waals surface area contributed by atoms with Crippen LogP contribution >= 0.6 is 0 Å². The van der Waals surface area contributed by atoms with Crippen LogP contribution in [0.3, 0.4) is 0 Å². The Balaban J connectivity index is 1.71. The number of aromatic hydroxyl groups is 2. The molecule has 1 heterocycles. The van der Waals surface area contributed by atoms with E-state index in [0.717, 1.165) is 22.4 Å². The van der Waals surface area contributed by atoms with Gasteiger partial charge in [0.25, 0.3) is 5.91 Å². The van der Waals surface area contributed by atoms with Crippen LogP contribution in [0, 0.1) is 13.8 Å². The van der Waals surface area contributed by atoms with Gasteiger partial charge in [0.2, 0.25) is 0 Å². The molecule has 0 aliphatic heterocycles. The zero-order chi connectivity index (χ0) is 22.8. The van der Waals surface area contributed by atoms with Gasteiger partial charge >= 0.3 is 0 Å². The van der Waals surface area contributed by atoms with Crippen molar-refractivity contribution in [1.29, 1.82) is 0 Å². The lowest BCUT2D eigenvalue weighted by atomic mass is 10.0. The number of rotatable bonds is 5. The summed E-state index contributed by atoms with van der Waals surface area (Å²) < 4.78 is 1.71. The van der Waals surface area contributed by atoms with Crippen molar-refractivity contribution >= 4 is 5.91 Å². The van der Waals surface area contributed by atoms with Crippen LogP contribution in [0.5, 0.6) is 11.5 Å². The summed E-state index contributed by atoms with van der Waals surface area (Å²) in [5.74, 6) is -0.739. The van der Waals surface area contributed by atoms with E-state index in [2.05, 4.69) is 5.10 Å². The molecule has 162 valence electrons. The van der Waals surface area contributed by atoms with Gasteiger partial charge in [-0.15, -0.1) is 0 Å². The summed E-state index contributed by atoms with van der Waals surface area (Å²) in [6, 6.07) is 20.2. The highest BCUT2D eigenvalue weighted by Crippen LogP contribution is 2.36. The minimum absolute atomic E-state index is 0.116. The molecule has 0 aliphatic carbocycles. The van der Waals surface area contributed by atoms with Gasteiger partial charge in [-0.25, -0.2) is 4.68 Å². The van der Waals surface area contributed by atoms with Crippen LogP contribution in [-0.2, 0) is 6.54 Å². The van der Waals surface area contributed by atoms with E-state index in [1.54, 1.807) is 28.9 Å². The molecular weight excluding hydrogens is 402 g/mol. The zero-order valence-corrected chi connectivity index (χ0v) is 18.3. The third kappa shape index (κ3) is 4.07. The Labute approximate surface area is 187 Å². The molecule has 6 nitrogen and oxygen atoms in total. The number of para-hydroxylation sites is 1. The number of carbonyl (C=O) groups excluding carboxylic acids is 1. The molecule has 0 saturated carbocycles. The average molecular weight is 428 g/mol. The molecule has 2 N–H and O–H groups in total. The summed E-state index contributed by atoms with van der Waals surface area (Å²) in [5.41, 5.74) is 5.14. The molecule has 0 fully saturated rings. The molecule has 6 heteroatoms. The quantitative estimate of drug-likeness (QED) is 0.478. The molecule has 4 rings (SSSR count). The molecule has 0 bridgehead atoms. The molecular formula is C26H25N3O3. The summed E-state index contributed by atoms with van der Waals surface area (Å²) in [6.45, 7) is 4.38. The predicted molar refractivity (Wildman–Crippen MR) is 124 cm³/mol. The maximum absolute atomic E-state index is 13.2. The molecule has 4 aromatic rings. The molecule has 0 spiro atoms. The first kappa shape index (κ1) is 21.2. The van der Waals surface area contributed by atoms with Crippen LogP contribution in [0.25, 0.3) is 16.9 Å². The Bertz CT molecular complexity index is 1290. The highest BCUT2D eigenvalue weighted by molar-refractivity contribution is 5.98. The SMILES string of the molecule is Cc1cccc(CN(C)C(=O)c2cc(-c3ccnn3-c3ccccc3C)c(O)cc2O)c1. The molecule has 1 amide bonds. The molecule has 1 aromatic heterocycles. The second-order valence-corrected chi connectivity index (χ2v) is 7.95. The molecule has 0 unspecified atom stereocenters.